The van der Waals surface area contributed by atoms with E-state index in [1.807, 2.05) is 19.0 Å². The average Bonchev–Trinajstić information content (AvgIpc) is 2.10. The molecular weight excluding hydrogens is 200 g/mol. The van der Waals surface area contributed by atoms with E-state index in [9.17, 15) is 0 Å². The summed E-state index contributed by atoms with van der Waals surface area (Å²) in [7, 11) is 3.98. The van der Waals surface area contributed by atoms with Crippen LogP contribution in [0.2, 0.25) is 5.02 Å². The number of benzene rings is 1. The molecule has 78 valence electrons. The molecule has 0 aliphatic heterocycles. The van der Waals surface area contributed by atoms with Crippen LogP contribution in [0.5, 0.6) is 5.75 Å². The number of halogens is 1. The Labute approximate surface area is 89.4 Å². The van der Waals surface area contributed by atoms with Gasteiger partial charge in [0.25, 0.3) is 0 Å². The maximum atomic E-state index is 5.92. The maximum Gasteiger partial charge on any atom is 0.140 e. The van der Waals surface area contributed by atoms with Crippen molar-refractivity contribution in [3.8, 4) is 5.75 Å². The van der Waals surface area contributed by atoms with Gasteiger partial charge in [-0.3, -0.25) is 0 Å². The largest absolute Gasteiger partial charge is 0.491 e. The topological polar surface area (TPSA) is 38.5 Å². The molecule has 4 heteroatoms. The van der Waals surface area contributed by atoms with Crippen LogP contribution in [0, 0.1) is 0 Å². The summed E-state index contributed by atoms with van der Waals surface area (Å²) in [6.07, 6.45) is 0. The Morgan fingerprint density at radius 1 is 1.43 bits per heavy atom. The van der Waals surface area contributed by atoms with Crippen molar-refractivity contribution in [2.75, 3.05) is 33.0 Å². The standard InChI is InChI=1S/C10H15ClN2O/c1-13(2)5-6-14-10-7-8(12)3-4-9(10)11/h3-4,7H,5-6,12H2,1-2H3. The van der Waals surface area contributed by atoms with Crippen molar-refractivity contribution in [1.82, 2.24) is 4.90 Å². The Bertz CT molecular complexity index is 302. The Morgan fingerprint density at radius 3 is 2.79 bits per heavy atom. The molecule has 0 unspecified atom stereocenters. The number of rotatable bonds is 4. The predicted octanol–water partition coefficient (Wildman–Crippen LogP) is 1.86. The van der Waals surface area contributed by atoms with Crippen LogP contribution in [0.15, 0.2) is 18.2 Å². The van der Waals surface area contributed by atoms with Gasteiger partial charge in [0.15, 0.2) is 0 Å². The zero-order chi connectivity index (χ0) is 10.6. The van der Waals surface area contributed by atoms with Gasteiger partial charge in [0.1, 0.15) is 12.4 Å². The van der Waals surface area contributed by atoms with Gasteiger partial charge in [-0.1, -0.05) is 11.6 Å². The highest BCUT2D eigenvalue weighted by molar-refractivity contribution is 6.32. The van der Waals surface area contributed by atoms with Gasteiger partial charge in [-0.15, -0.1) is 0 Å². The summed E-state index contributed by atoms with van der Waals surface area (Å²) in [6, 6.07) is 5.22. The van der Waals surface area contributed by atoms with Crippen molar-refractivity contribution in [2.45, 2.75) is 0 Å². The number of hydrogen-bond acceptors (Lipinski definition) is 3. The van der Waals surface area contributed by atoms with Crippen LogP contribution in [-0.2, 0) is 0 Å². The van der Waals surface area contributed by atoms with Crippen LogP contribution in [0.4, 0.5) is 5.69 Å². The van der Waals surface area contributed by atoms with Crippen LogP contribution < -0.4 is 10.5 Å². The van der Waals surface area contributed by atoms with E-state index in [-0.39, 0.29) is 0 Å². The van der Waals surface area contributed by atoms with Crippen LogP contribution >= 0.6 is 11.6 Å². The van der Waals surface area contributed by atoms with Gasteiger partial charge >= 0.3 is 0 Å². The number of nitrogen functional groups attached to an aromatic ring is 1. The van der Waals surface area contributed by atoms with Crippen molar-refractivity contribution in [3.63, 3.8) is 0 Å². The van der Waals surface area contributed by atoms with E-state index >= 15 is 0 Å². The Kier molecular flexibility index (Phi) is 4.04. The number of anilines is 1. The highest BCUT2D eigenvalue weighted by atomic mass is 35.5. The average molecular weight is 215 g/mol. The lowest BCUT2D eigenvalue weighted by molar-refractivity contribution is 0.261. The van der Waals surface area contributed by atoms with Gasteiger partial charge in [0, 0.05) is 18.3 Å². The molecule has 0 atom stereocenters. The summed E-state index contributed by atoms with van der Waals surface area (Å²) in [6.45, 7) is 1.46. The van der Waals surface area contributed by atoms with Crippen molar-refractivity contribution in [2.24, 2.45) is 0 Å². The first-order valence-corrected chi connectivity index (χ1v) is 4.80. The molecule has 1 aromatic rings. The summed E-state index contributed by atoms with van der Waals surface area (Å²) in [4.78, 5) is 2.04. The predicted molar refractivity (Wildman–Crippen MR) is 59.9 cm³/mol. The lowest BCUT2D eigenvalue weighted by Gasteiger charge is -2.12. The molecule has 0 bridgehead atoms. The fourth-order valence-electron chi connectivity index (χ4n) is 0.969. The third-order valence-corrected chi connectivity index (χ3v) is 2.06. The zero-order valence-corrected chi connectivity index (χ0v) is 9.21. The maximum absolute atomic E-state index is 5.92. The molecule has 0 aromatic heterocycles. The van der Waals surface area contributed by atoms with Gasteiger partial charge in [-0.05, 0) is 26.2 Å². The first kappa shape index (κ1) is 11.1. The van der Waals surface area contributed by atoms with Crippen LogP contribution in [-0.4, -0.2) is 32.1 Å². The van der Waals surface area contributed by atoms with E-state index in [4.69, 9.17) is 22.1 Å². The molecule has 0 spiro atoms. The molecule has 1 rings (SSSR count). The van der Waals surface area contributed by atoms with Gasteiger partial charge in [-0.2, -0.15) is 0 Å². The van der Waals surface area contributed by atoms with E-state index in [1.54, 1.807) is 18.2 Å². The molecule has 0 fully saturated rings. The van der Waals surface area contributed by atoms with Crippen LogP contribution in [0.3, 0.4) is 0 Å². The molecule has 1 aromatic carbocycles. The highest BCUT2D eigenvalue weighted by Crippen LogP contribution is 2.26. The zero-order valence-electron chi connectivity index (χ0n) is 8.46. The van der Waals surface area contributed by atoms with Gasteiger partial charge in [-0.25, -0.2) is 0 Å². The quantitative estimate of drug-likeness (QED) is 0.778. The van der Waals surface area contributed by atoms with E-state index in [2.05, 4.69) is 0 Å². The number of nitrogens with two attached hydrogens (primary N) is 1. The normalized spacial score (nSPS) is 10.6. The number of nitrogens with zero attached hydrogens (tertiary/aromatic N) is 1. The van der Waals surface area contributed by atoms with Gasteiger partial charge in [0.2, 0.25) is 0 Å². The van der Waals surface area contributed by atoms with Crippen LogP contribution in [0.1, 0.15) is 0 Å². The van der Waals surface area contributed by atoms with Crippen molar-refractivity contribution in [1.29, 1.82) is 0 Å². The molecule has 2 N–H and O–H groups in total. The monoisotopic (exact) mass is 214 g/mol. The summed E-state index contributed by atoms with van der Waals surface area (Å²) in [5.41, 5.74) is 6.27. The molecule has 0 saturated carbocycles. The lowest BCUT2D eigenvalue weighted by atomic mass is 10.3. The van der Waals surface area contributed by atoms with Crippen molar-refractivity contribution in [3.05, 3.63) is 23.2 Å². The molecule has 0 radical (unpaired) electrons. The molecular formula is C10H15ClN2O. The molecule has 0 aliphatic carbocycles. The number of hydrogen-bond donors (Lipinski definition) is 1. The second-order valence-corrected chi connectivity index (χ2v) is 3.75. The minimum atomic E-state index is 0.595. The van der Waals surface area contributed by atoms with Crippen molar-refractivity contribution >= 4 is 17.3 Å². The van der Waals surface area contributed by atoms with E-state index in [0.717, 1.165) is 6.54 Å². The minimum absolute atomic E-state index is 0.595. The molecule has 0 heterocycles. The van der Waals surface area contributed by atoms with Crippen molar-refractivity contribution < 1.29 is 4.74 Å². The van der Waals surface area contributed by atoms with Gasteiger partial charge < -0.3 is 15.4 Å². The first-order valence-electron chi connectivity index (χ1n) is 4.42. The molecule has 3 nitrogen and oxygen atoms in total. The second-order valence-electron chi connectivity index (χ2n) is 3.34. The van der Waals surface area contributed by atoms with E-state index in [1.165, 1.54) is 0 Å². The minimum Gasteiger partial charge on any atom is -0.491 e. The van der Waals surface area contributed by atoms with Crippen LogP contribution in [0.25, 0.3) is 0 Å². The molecule has 0 amide bonds. The van der Waals surface area contributed by atoms with E-state index in [0.29, 0.717) is 23.1 Å². The number of likely N-dealkylation sites (N-methyl/N-ethyl adjacent to an activating group) is 1. The smallest absolute Gasteiger partial charge is 0.140 e. The number of ether oxygens (including phenoxy) is 1. The Balaban J connectivity index is 2.53. The summed E-state index contributed by atoms with van der Waals surface area (Å²) < 4.78 is 5.47. The van der Waals surface area contributed by atoms with Gasteiger partial charge in [0.05, 0.1) is 5.02 Å². The third-order valence-electron chi connectivity index (χ3n) is 1.75. The molecule has 14 heavy (non-hydrogen) atoms. The fourth-order valence-corrected chi connectivity index (χ4v) is 1.14. The highest BCUT2D eigenvalue weighted by Gasteiger charge is 2.01. The summed E-state index contributed by atoms with van der Waals surface area (Å²) in [5, 5.41) is 0.595. The molecule has 0 aliphatic rings. The second kappa shape index (κ2) is 5.08. The lowest BCUT2D eigenvalue weighted by Crippen LogP contribution is -2.19. The fraction of sp³-hybridized carbons (Fsp3) is 0.400. The summed E-state index contributed by atoms with van der Waals surface area (Å²) >= 11 is 5.92. The summed E-state index contributed by atoms with van der Waals surface area (Å²) in [5.74, 6) is 0.647. The Hall–Kier alpha value is -0.930. The van der Waals surface area contributed by atoms with E-state index < -0.39 is 0 Å². The SMILES string of the molecule is CN(C)CCOc1cc(N)ccc1Cl. The first-order chi connectivity index (χ1) is 6.59. The third kappa shape index (κ3) is 3.44. The Morgan fingerprint density at radius 2 is 2.14 bits per heavy atom. The molecule has 0 saturated heterocycles.